The lowest BCUT2D eigenvalue weighted by molar-refractivity contribution is 0.153. The first-order valence-corrected chi connectivity index (χ1v) is 7.93. The molecule has 5 heteroatoms. The van der Waals surface area contributed by atoms with E-state index in [4.69, 9.17) is 22.1 Å². The Morgan fingerprint density at radius 1 is 1.48 bits per heavy atom. The largest absolute Gasteiger partial charge is 0.493 e. The Kier molecular flexibility index (Phi) is 5.78. The van der Waals surface area contributed by atoms with E-state index in [1.165, 1.54) is 24.0 Å². The van der Waals surface area contributed by atoms with Crippen LogP contribution >= 0.6 is 24.0 Å². The second-order valence-electron chi connectivity index (χ2n) is 6.15. The van der Waals surface area contributed by atoms with Crippen molar-refractivity contribution in [2.75, 3.05) is 19.7 Å². The Labute approximate surface area is 138 Å². The number of nitrogens with zero attached hydrogens (tertiary/aromatic N) is 1. The van der Waals surface area contributed by atoms with Gasteiger partial charge in [-0.15, -0.1) is 12.4 Å². The second-order valence-corrected chi connectivity index (χ2v) is 6.58. The van der Waals surface area contributed by atoms with E-state index in [-0.39, 0.29) is 18.4 Å². The summed E-state index contributed by atoms with van der Waals surface area (Å²) in [6.07, 6.45) is 3.46. The Bertz CT molecular complexity index is 493. The number of ether oxygens (including phenoxy) is 1. The summed E-state index contributed by atoms with van der Waals surface area (Å²) in [7, 11) is 0. The average molecular weight is 331 g/mol. The number of nitrogens with two attached hydrogens (primary N) is 1. The van der Waals surface area contributed by atoms with Gasteiger partial charge in [0.25, 0.3) is 0 Å². The minimum absolute atomic E-state index is 0. The van der Waals surface area contributed by atoms with Gasteiger partial charge in [0.15, 0.2) is 0 Å². The van der Waals surface area contributed by atoms with Gasteiger partial charge in [-0.1, -0.05) is 11.6 Å². The molecule has 2 aliphatic rings. The van der Waals surface area contributed by atoms with Crippen molar-refractivity contribution < 1.29 is 4.74 Å². The smallest absolute Gasteiger partial charge is 0.127 e. The van der Waals surface area contributed by atoms with Gasteiger partial charge >= 0.3 is 0 Å². The lowest BCUT2D eigenvalue weighted by Gasteiger charge is -2.34. The van der Waals surface area contributed by atoms with Crippen molar-refractivity contribution in [1.29, 1.82) is 0 Å². The summed E-state index contributed by atoms with van der Waals surface area (Å²) in [5, 5.41) is 0.824. The Morgan fingerprint density at radius 2 is 2.29 bits per heavy atom. The van der Waals surface area contributed by atoms with Crippen LogP contribution < -0.4 is 10.5 Å². The maximum Gasteiger partial charge on any atom is 0.127 e. The third kappa shape index (κ3) is 3.84. The van der Waals surface area contributed by atoms with Gasteiger partial charge in [-0.05, 0) is 49.9 Å². The topological polar surface area (TPSA) is 38.5 Å². The molecule has 0 bridgehead atoms. The zero-order valence-corrected chi connectivity index (χ0v) is 14.1. The molecule has 2 N–H and O–H groups in total. The second kappa shape index (κ2) is 7.19. The monoisotopic (exact) mass is 330 g/mol. The lowest BCUT2D eigenvalue weighted by atomic mass is 9.92. The minimum Gasteiger partial charge on any atom is -0.493 e. The summed E-state index contributed by atoms with van der Waals surface area (Å²) in [6.45, 7) is 6.05. The molecule has 3 rings (SSSR count). The highest BCUT2D eigenvalue weighted by Gasteiger charge is 2.25. The first-order valence-electron chi connectivity index (χ1n) is 7.55. The predicted molar refractivity (Wildman–Crippen MR) is 89.5 cm³/mol. The molecule has 1 aromatic rings. The van der Waals surface area contributed by atoms with Gasteiger partial charge < -0.3 is 10.5 Å². The van der Waals surface area contributed by atoms with E-state index in [2.05, 4.69) is 17.9 Å². The number of fused-ring (bicyclic) bond motifs is 1. The van der Waals surface area contributed by atoms with Crippen LogP contribution in [0.2, 0.25) is 5.02 Å². The zero-order valence-electron chi connectivity index (χ0n) is 12.5. The molecule has 1 saturated heterocycles. The van der Waals surface area contributed by atoms with Crippen LogP contribution in [-0.4, -0.2) is 30.6 Å². The number of benzene rings is 1. The Hall–Kier alpha value is -0.480. The number of halogens is 2. The maximum atomic E-state index is 6.23. The highest BCUT2D eigenvalue weighted by Crippen LogP contribution is 2.34. The maximum absolute atomic E-state index is 6.23. The summed E-state index contributed by atoms with van der Waals surface area (Å²) in [5.74, 6) is 1.68. The van der Waals surface area contributed by atoms with E-state index in [0.717, 1.165) is 43.4 Å². The molecule has 0 saturated carbocycles. The van der Waals surface area contributed by atoms with E-state index in [1.807, 2.05) is 6.07 Å². The van der Waals surface area contributed by atoms with Crippen LogP contribution in [0.15, 0.2) is 12.1 Å². The SMILES string of the molecule is CC(N)C1CCCN(Cc2cc(Cl)cc3c2OCC3)C1.Cl. The van der Waals surface area contributed by atoms with Gasteiger partial charge in [-0.2, -0.15) is 0 Å². The molecular formula is C16H24Cl2N2O. The van der Waals surface area contributed by atoms with Crippen molar-refractivity contribution in [2.24, 2.45) is 11.7 Å². The van der Waals surface area contributed by atoms with Crippen LogP contribution in [0, 0.1) is 5.92 Å². The molecule has 0 radical (unpaired) electrons. The summed E-state index contributed by atoms with van der Waals surface area (Å²) >= 11 is 6.23. The van der Waals surface area contributed by atoms with Crippen molar-refractivity contribution in [3.05, 3.63) is 28.3 Å². The van der Waals surface area contributed by atoms with Gasteiger partial charge in [0.1, 0.15) is 5.75 Å². The van der Waals surface area contributed by atoms with E-state index in [9.17, 15) is 0 Å². The van der Waals surface area contributed by atoms with Gasteiger partial charge in [0.05, 0.1) is 6.61 Å². The van der Waals surface area contributed by atoms with Gasteiger partial charge in [-0.25, -0.2) is 0 Å². The van der Waals surface area contributed by atoms with E-state index in [1.54, 1.807) is 0 Å². The van der Waals surface area contributed by atoms with Crippen LogP contribution in [0.1, 0.15) is 30.9 Å². The fourth-order valence-corrected chi connectivity index (χ4v) is 3.63. The molecular weight excluding hydrogens is 307 g/mol. The van der Waals surface area contributed by atoms with E-state index in [0.29, 0.717) is 5.92 Å². The molecule has 2 unspecified atom stereocenters. The van der Waals surface area contributed by atoms with E-state index < -0.39 is 0 Å². The van der Waals surface area contributed by atoms with Gasteiger partial charge in [-0.3, -0.25) is 4.90 Å². The van der Waals surface area contributed by atoms with Crippen LogP contribution in [0.4, 0.5) is 0 Å². The summed E-state index contributed by atoms with van der Waals surface area (Å²) in [5.41, 5.74) is 8.55. The number of rotatable bonds is 3. The average Bonchev–Trinajstić information content (AvgIpc) is 2.87. The van der Waals surface area contributed by atoms with Crippen molar-refractivity contribution >= 4 is 24.0 Å². The third-order valence-electron chi connectivity index (χ3n) is 4.50. The normalized spacial score (nSPS) is 23.1. The zero-order chi connectivity index (χ0) is 14.1. The fraction of sp³-hybridized carbons (Fsp3) is 0.625. The molecule has 1 fully saturated rings. The summed E-state index contributed by atoms with van der Waals surface area (Å²) in [4.78, 5) is 2.49. The molecule has 118 valence electrons. The standard InChI is InChI=1S/C16H23ClN2O.ClH/c1-11(18)13-3-2-5-19(9-13)10-14-8-15(17)7-12-4-6-20-16(12)14;/h7-8,11,13H,2-6,9-10,18H2,1H3;1H. The van der Waals surface area contributed by atoms with Crippen molar-refractivity contribution in [1.82, 2.24) is 4.90 Å². The first kappa shape index (κ1) is 16.9. The van der Waals surface area contributed by atoms with Crippen molar-refractivity contribution in [2.45, 2.75) is 38.8 Å². The molecule has 2 heterocycles. The minimum atomic E-state index is 0. The van der Waals surface area contributed by atoms with Gasteiger partial charge in [0, 0.05) is 36.1 Å². The highest BCUT2D eigenvalue weighted by molar-refractivity contribution is 6.30. The molecule has 21 heavy (non-hydrogen) atoms. The number of hydrogen-bond acceptors (Lipinski definition) is 3. The molecule has 2 atom stereocenters. The Balaban J connectivity index is 0.00000161. The van der Waals surface area contributed by atoms with Crippen LogP contribution in [-0.2, 0) is 13.0 Å². The molecule has 1 aromatic carbocycles. The van der Waals surface area contributed by atoms with Crippen LogP contribution in [0.3, 0.4) is 0 Å². The number of likely N-dealkylation sites (tertiary alicyclic amines) is 1. The van der Waals surface area contributed by atoms with Crippen LogP contribution in [0.5, 0.6) is 5.75 Å². The van der Waals surface area contributed by atoms with Gasteiger partial charge in [0.2, 0.25) is 0 Å². The van der Waals surface area contributed by atoms with Crippen molar-refractivity contribution in [3.63, 3.8) is 0 Å². The lowest BCUT2D eigenvalue weighted by Crippen LogP contribution is -2.41. The summed E-state index contributed by atoms with van der Waals surface area (Å²) in [6, 6.07) is 4.37. The number of piperidine rings is 1. The Morgan fingerprint density at radius 3 is 3.05 bits per heavy atom. The quantitative estimate of drug-likeness (QED) is 0.924. The molecule has 3 nitrogen and oxygen atoms in total. The summed E-state index contributed by atoms with van der Waals surface area (Å²) < 4.78 is 5.79. The third-order valence-corrected chi connectivity index (χ3v) is 4.72. The van der Waals surface area contributed by atoms with Crippen LogP contribution in [0.25, 0.3) is 0 Å². The molecule has 0 aliphatic carbocycles. The molecule has 2 aliphatic heterocycles. The molecule has 0 spiro atoms. The van der Waals surface area contributed by atoms with Crippen molar-refractivity contribution in [3.8, 4) is 5.75 Å². The van der Waals surface area contributed by atoms with E-state index >= 15 is 0 Å². The predicted octanol–water partition coefficient (Wildman–Crippen LogP) is 3.26. The molecule has 0 amide bonds. The molecule has 0 aromatic heterocycles. The number of hydrogen-bond donors (Lipinski definition) is 1. The fourth-order valence-electron chi connectivity index (χ4n) is 3.37. The highest BCUT2D eigenvalue weighted by atomic mass is 35.5. The first-order chi connectivity index (χ1) is 9.63.